The molecule has 4 aromatic rings. The van der Waals surface area contributed by atoms with E-state index in [1.54, 1.807) is 14.2 Å². The van der Waals surface area contributed by atoms with Crippen LogP contribution in [-0.4, -0.2) is 14.2 Å². The molecule has 0 bridgehead atoms. The second-order valence-electron chi connectivity index (χ2n) is 6.03. The Hall–Kier alpha value is -3.53. The number of methoxy groups -OCH3 is 2. The Morgan fingerprint density at radius 3 is 2.30 bits per heavy atom. The molecule has 0 aliphatic carbocycles. The van der Waals surface area contributed by atoms with Gasteiger partial charge in [-0.3, -0.25) is 0 Å². The summed E-state index contributed by atoms with van der Waals surface area (Å²) in [5, 5.41) is 1.80. The lowest BCUT2D eigenvalue weighted by molar-refractivity contribution is 0.415. The van der Waals surface area contributed by atoms with E-state index in [0.29, 0.717) is 0 Å². The second kappa shape index (κ2) is 7.38. The minimum atomic E-state index is 0.748. The van der Waals surface area contributed by atoms with E-state index < -0.39 is 0 Å². The first kappa shape index (κ1) is 16.9. The van der Waals surface area contributed by atoms with Gasteiger partial charge in [-0.1, -0.05) is 18.2 Å². The number of para-hydroxylation sites is 1. The van der Waals surface area contributed by atoms with Crippen LogP contribution in [-0.2, 0) is 0 Å². The molecule has 0 radical (unpaired) electrons. The number of benzene rings is 3. The van der Waals surface area contributed by atoms with Gasteiger partial charge in [0.25, 0.3) is 0 Å². The Labute approximate surface area is 157 Å². The van der Waals surface area contributed by atoms with E-state index in [2.05, 4.69) is 0 Å². The van der Waals surface area contributed by atoms with Gasteiger partial charge >= 0.3 is 0 Å². The molecule has 1 heterocycles. The molecular formula is C23H19NO3. The molecule has 0 aliphatic heterocycles. The van der Waals surface area contributed by atoms with Gasteiger partial charge in [-0.15, -0.1) is 0 Å². The first-order chi connectivity index (χ1) is 13.3. The van der Waals surface area contributed by atoms with Crippen molar-refractivity contribution >= 4 is 16.7 Å². The van der Waals surface area contributed by atoms with Crippen LogP contribution in [0.5, 0.6) is 11.5 Å². The van der Waals surface area contributed by atoms with Gasteiger partial charge in [-0.05, 0) is 48.5 Å². The fourth-order valence-electron chi connectivity index (χ4n) is 2.93. The largest absolute Gasteiger partial charge is 0.497 e. The third kappa shape index (κ3) is 3.55. The summed E-state index contributed by atoms with van der Waals surface area (Å²) in [7, 11) is 3.30. The maximum Gasteiger partial charge on any atom is 0.136 e. The minimum Gasteiger partial charge on any atom is -0.497 e. The zero-order valence-electron chi connectivity index (χ0n) is 15.2. The molecule has 0 spiro atoms. The summed E-state index contributed by atoms with van der Waals surface area (Å²) in [6.07, 6.45) is 0. The van der Waals surface area contributed by atoms with Gasteiger partial charge in [0, 0.05) is 23.1 Å². The van der Waals surface area contributed by atoms with Crippen LogP contribution < -0.4 is 14.8 Å². The summed E-state index contributed by atoms with van der Waals surface area (Å²) >= 11 is 0. The molecule has 0 atom stereocenters. The van der Waals surface area contributed by atoms with Gasteiger partial charge in [-0.2, -0.15) is 0 Å². The smallest absolute Gasteiger partial charge is 0.136 e. The lowest BCUT2D eigenvalue weighted by Gasteiger charge is -2.06. The zero-order chi connectivity index (χ0) is 18.6. The predicted molar refractivity (Wildman–Crippen MR) is 106 cm³/mol. The van der Waals surface area contributed by atoms with Crippen molar-refractivity contribution in [3.05, 3.63) is 84.2 Å². The molecule has 0 saturated heterocycles. The van der Waals surface area contributed by atoms with Crippen LogP contribution in [0.3, 0.4) is 0 Å². The molecule has 4 nitrogen and oxygen atoms in total. The number of fused-ring (bicyclic) bond motifs is 1. The quantitative estimate of drug-likeness (QED) is 0.494. The summed E-state index contributed by atoms with van der Waals surface area (Å²) in [6.45, 7) is 0. The van der Waals surface area contributed by atoms with Gasteiger partial charge in [0.2, 0.25) is 0 Å². The van der Waals surface area contributed by atoms with E-state index in [4.69, 9.17) is 18.9 Å². The minimum absolute atomic E-state index is 0.748. The van der Waals surface area contributed by atoms with Crippen molar-refractivity contribution in [3.63, 3.8) is 0 Å². The van der Waals surface area contributed by atoms with Crippen molar-refractivity contribution in [2.75, 3.05) is 14.2 Å². The number of hydrogen-bond donors (Lipinski definition) is 0. The van der Waals surface area contributed by atoms with Crippen LogP contribution >= 0.6 is 0 Å². The number of ether oxygens (including phenoxy) is 2. The highest BCUT2D eigenvalue weighted by atomic mass is 16.5. The summed E-state index contributed by atoms with van der Waals surface area (Å²) in [5.74, 6) is 2.33. The molecular weight excluding hydrogens is 338 g/mol. The normalized spacial score (nSPS) is 11.6. The van der Waals surface area contributed by atoms with E-state index in [0.717, 1.165) is 44.8 Å². The van der Waals surface area contributed by atoms with Crippen LogP contribution in [0.1, 0.15) is 0 Å². The van der Waals surface area contributed by atoms with Crippen molar-refractivity contribution in [2.24, 2.45) is 4.99 Å². The lowest BCUT2D eigenvalue weighted by atomic mass is 10.1. The topological polar surface area (TPSA) is 44.0 Å². The van der Waals surface area contributed by atoms with Crippen LogP contribution in [0.4, 0.5) is 5.69 Å². The molecule has 0 unspecified atom stereocenters. The second-order valence-corrected chi connectivity index (χ2v) is 6.03. The van der Waals surface area contributed by atoms with E-state index in [-0.39, 0.29) is 0 Å². The Morgan fingerprint density at radius 2 is 1.52 bits per heavy atom. The zero-order valence-corrected chi connectivity index (χ0v) is 15.2. The van der Waals surface area contributed by atoms with E-state index in [1.807, 2.05) is 78.9 Å². The average Bonchev–Trinajstić information content (AvgIpc) is 2.74. The van der Waals surface area contributed by atoms with Crippen LogP contribution in [0.2, 0.25) is 0 Å². The molecule has 3 aromatic carbocycles. The summed E-state index contributed by atoms with van der Waals surface area (Å²) in [5.41, 5.74) is 2.57. The SMILES string of the molecule is COc1ccc(-c2cc(=Nc3cccc(OC)c3)c3ccccc3o2)cc1. The van der Waals surface area contributed by atoms with Gasteiger partial charge in [0.1, 0.15) is 22.8 Å². The molecule has 0 N–H and O–H groups in total. The number of nitrogens with zero attached hydrogens (tertiary/aromatic N) is 1. The van der Waals surface area contributed by atoms with Gasteiger partial charge < -0.3 is 13.9 Å². The summed E-state index contributed by atoms with van der Waals surface area (Å²) in [6, 6.07) is 25.3. The molecule has 27 heavy (non-hydrogen) atoms. The molecule has 0 saturated carbocycles. The van der Waals surface area contributed by atoms with E-state index in [9.17, 15) is 0 Å². The Kier molecular flexibility index (Phi) is 4.62. The van der Waals surface area contributed by atoms with Crippen molar-refractivity contribution < 1.29 is 13.9 Å². The van der Waals surface area contributed by atoms with Crippen LogP contribution in [0, 0.1) is 0 Å². The first-order valence-electron chi connectivity index (χ1n) is 8.63. The van der Waals surface area contributed by atoms with Crippen molar-refractivity contribution in [3.8, 4) is 22.8 Å². The van der Waals surface area contributed by atoms with Gasteiger partial charge in [-0.25, -0.2) is 4.99 Å². The predicted octanol–water partition coefficient (Wildman–Crippen LogP) is 5.35. The van der Waals surface area contributed by atoms with Gasteiger partial charge in [0.15, 0.2) is 0 Å². The molecule has 4 heteroatoms. The Morgan fingerprint density at radius 1 is 0.741 bits per heavy atom. The van der Waals surface area contributed by atoms with Crippen molar-refractivity contribution in [2.45, 2.75) is 0 Å². The molecule has 1 aromatic heterocycles. The van der Waals surface area contributed by atoms with Crippen molar-refractivity contribution in [1.82, 2.24) is 0 Å². The highest BCUT2D eigenvalue weighted by Gasteiger charge is 2.06. The molecule has 134 valence electrons. The number of hydrogen-bond acceptors (Lipinski definition) is 4. The van der Waals surface area contributed by atoms with Crippen LogP contribution in [0.15, 0.2) is 88.3 Å². The first-order valence-corrected chi connectivity index (χ1v) is 8.63. The van der Waals surface area contributed by atoms with Gasteiger partial charge in [0.05, 0.1) is 25.3 Å². The molecule has 4 rings (SSSR count). The fourth-order valence-corrected chi connectivity index (χ4v) is 2.93. The Balaban J connectivity index is 1.91. The fraction of sp³-hybridized carbons (Fsp3) is 0.0870. The Bertz CT molecular complexity index is 1140. The summed E-state index contributed by atoms with van der Waals surface area (Å²) in [4.78, 5) is 4.83. The maximum absolute atomic E-state index is 6.12. The lowest BCUT2D eigenvalue weighted by Crippen LogP contribution is -2.03. The third-order valence-corrected chi connectivity index (χ3v) is 4.33. The standard InChI is InChI=1S/C23H19NO3/c1-25-18-12-10-16(11-13-18)23-15-21(20-8-3-4-9-22(20)27-23)24-17-6-5-7-19(14-17)26-2/h3-15H,1-2H3. The summed E-state index contributed by atoms with van der Waals surface area (Å²) < 4.78 is 16.7. The third-order valence-electron chi connectivity index (χ3n) is 4.33. The van der Waals surface area contributed by atoms with Crippen LogP contribution in [0.25, 0.3) is 22.3 Å². The van der Waals surface area contributed by atoms with E-state index >= 15 is 0 Å². The highest BCUT2D eigenvalue weighted by Crippen LogP contribution is 2.25. The monoisotopic (exact) mass is 357 g/mol. The highest BCUT2D eigenvalue weighted by molar-refractivity contribution is 5.78. The van der Waals surface area contributed by atoms with Crippen molar-refractivity contribution in [1.29, 1.82) is 0 Å². The molecule has 0 amide bonds. The maximum atomic E-state index is 6.12. The number of rotatable bonds is 4. The molecule has 0 aliphatic rings. The average molecular weight is 357 g/mol. The van der Waals surface area contributed by atoms with E-state index in [1.165, 1.54) is 0 Å². The molecule has 0 fully saturated rings.